The molecule has 0 unspecified atom stereocenters. The predicted molar refractivity (Wildman–Crippen MR) is 121 cm³/mol. The molecule has 0 saturated carbocycles. The number of nitrogens with zero attached hydrogens (tertiary/aromatic N) is 1. The number of amides is 2. The van der Waals surface area contributed by atoms with Gasteiger partial charge in [0.1, 0.15) is 0 Å². The van der Waals surface area contributed by atoms with Crippen LogP contribution in [0.2, 0.25) is 0 Å². The summed E-state index contributed by atoms with van der Waals surface area (Å²) in [4.78, 5) is 28.4. The van der Waals surface area contributed by atoms with Gasteiger partial charge in [-0.05, 0) is 60.6 Å². The first-order valence-electron chi connectivity index (χ1n) is 10.2. The van der Waals surface area contributed by atoms with Crippen LogP contribution in [-0.2, 0) is 13.1 Å². The quantitative estimate of drug-likeness (QED) is 0.592. The first-order chi connectivity index (χ1) is 14.7. The second-order valence-electron chi connectivity index (χ2n) is 7.41. The first-order valence-corrected chi connectivity index (χ1v) is 11.1. The van der Waals surface area contributed by atoms with Crippen molar-refractivity contribution in [2.75, 3.05) is 18.4 Å². The van der Waals surface area contributed by atoms with E-state index in [0.717, 1.165) is 25.2 Å². The number of hydrogen-bond donors (Lipinski definition) is 2. The highest BCUT2D eigenvalue weighted by molar-refractivity contribution is 7.12. The smallest absolute Gasteiger partial charge is 0.265 e. The van der Waals surface area contributed by atoms with E-state index in [1.807, 2.05) is 29.6 Å². The second-order valence-corrected chi connectivity index (χ2v) is 8.36. The summed E-state index contributed by atoms with van der Waals surface area (Å²) in [5.74, 6) is -0.408. The molecule has 2 amide bonds. The van der Waals surface area contributed by atoms with Gasteiger partial charge in [0.05, 0.1) is 16.1 Å². The molecule has 1 aliphatic rings. The van der Waals surface area contributed by atoms with Crippen LogP contribution in [-0.4, -0.2) is 29.8 Å². The molecule has 0 atom stereocenters. The molecule has 2 N–H and O–H groups in total. The van der Waals surface area contributed by atoms with Crippen LogP contribution in [0.5, 0.6) is 0 Å². The minimum absolute atomic E-state index is 0.201. The van der Waals surface area contributed by atoms with E-state index >= 15 is 0 Å². The van der Waals surface area contributed by atoms with E-state index in [4.69, 9.17) is 0 Å². The molecule has 3 aromatic rings. The van der Waals surface area contributed by atoms with Crippen molar-refractivity contribution >= 4 is 28.8 Å². The predicted octanol–water partition coefficient (Wildman–Crippen LogP) is 4.53. The topological polar surface area (TPSA) is 61.4 Å². The Morgan fingerprint density at radius 3 is 2.37 bits per heavy atom. The summed E-state index contributed by atoms with van der Waals surface area (Å²) >= 11 is 1.37. The number of hydrogen-bond acceptors (Lipinski definition) is 4. The lowest BCUT2D eigenvalue weighted by Crippen LogP contribution is -2.26. The van der Waals surface area contributed by atoms with E-state index < -0.39 is 0 Å². The van der Waals surface area contributed by atoms with Crippen molar-refractivity contribution < 1.29 is 9.59 Å². The molecule has 2 aromatic carbocycles. The number of carbonyl (C=O) groups excluding carboxylic acids is 2. The highest BCUT2D eigenvalue weighted by Gasteiger charge is 2.16. The zero-order valence-corrected chi connectivity index (χ0v) is 17.6. The van der Waals surface area contributed by atoms with Gasteiger partial charge < -0.3 is 10.6 Å². The standard InChI is InChI=1S/C24H25N3O2S/c28-23(20-10-3-4-11-21(20)26-24(29)22-12-7-15-30-22)25-16-18-8-1-2-9-19(18)17-27-13-5-6-14-27/h1-4,7-12,15H,5-6,13-14,16-17H2,(H,25,28)(H,26,29). The first kappa shape index (κ1) is 20.3. The Balaban J connectivity index is 1.43. The van der Waals surface area contributed by atoms with Crippen molar-refractivity contribution in [3.8, 4) is 0 Å². The fourth-order valence-electron chi connectivity index (χ4n) is 3.72. The van der Waals surface area contributed by atoms with Crippen molar-refractivity contribution in [3.63, 3.8) is 0 Å². The Morgan fingerprint density at radius 2 is 1.60 bits per heavy atom. The fourth-order valence-corrected chi connectivity index (χ4v) is 4.34. The molecule has 0 aliphatic carbocycles. The summed E-state index contributed by atoms with van der Waals surface area (Å²) < 4.78 is 0. The third kappa shape index (κ3) is 4.96. The third-order valence-electron chi connectivity index (χ3n) is 5.32. The van der Waals surface area contributed by atoms with Crippen LogP contribution in [0.3, 0.4) is 0 Å². The number of thiophene rings is 1. The summed E-state index contributed by atoms with van der Waals surface area (Å²) in [6, 6.07) is 18.9. The van der Waals surface area contributed by atoms with Gasteiger partial charge >= 0.3 is 0 Å². The zero-order chi connectivity index (χ0) is 20.8. The van der Waals surface area contributed by atoms with Gasteiger partial charge in [0, 0.05) is 13.1 Å². The van der Waals surface area contributed by atoms with Gasteiger partial charge in [0.15, 0.2) is 0 Å². The Morgan fingerprint density at radius 1 is 0.867 bits per heavy atom. The monoisotopic (exact) mass is 419 g/mol. The van der Waals surface area contributed by atoms with Gasteiger partial charge in [-0.2, -0.15) is 0 Å². The molecule has 1 aliphatic heterocycles. The molecule has 4 rings (SSSR count). The molecule has 1 fully saturated rings. The largest absolute Gasteiger partial charge is 0.348 e. The summed E-state index contributed by atoms with van der Waals surface area (Å²) in [7, 11) is 0. The number of likely N-dealkylation sites (tertiary alicyclic amines) is 1. The lowest BCUT2D eigenvalue weighted by atomic mass is 10.1. The van der Waals surface area contributed by atoms with Gasteiger partial charge in [-0.25, -0.2) is 0 Å². The maximum atomic E-state index is 12.9. The number of para-hydroxylation sites is 1. The molecule has 1 saturated heterocycles. The summed E-state index contributed by atoms with van der Waals surface area (Å²) in [5, 5.41) is 7.73. The Kier molecular flexibility index (Phi) is 6.57. The summed E-state index contributed by atoms with van der Waals surface area (Å²) in [6.07, 6.45) is 2.51. The molecule has 5 nitrogen and oxygen atoms in total. The van der Waals surface area contributed by atoms with Crippen LogP contribution in [0.1, 0.15) is 44.0 Å². The zero-order valence-electron chi connectivity index (χ0n) is 16.8. The normalized spacial score (nSPS) is 13.9. The van der Waals surface area contributed by atoms with Crippen LogP contribution in [0.15, 0.2) is 66.0 Å². The lowest BCUT2D eigenvalue weighted by molar-refractivity contribution is 0.0951. The van der Waals surface area contributed by atoms with E-state index in [1.54, 1.807) is 24.3 Å². The van der Waals surface area contributed by atoms with Gasteiger partial charge in [0.2, 0.25) is 0 Å². The number of nitrogens with one attached hydrogen (secondary N) is 2. The van der Waals surface area contributed by atoms with Crippen LogP contribution in [0, 0.1) is 0 Å². The third-order valence-corrected chi connectivity index (χ3v) is 6.18. The average molecular weight is 420 g/mol. The van der Waals surface area contributed by atoms with Gasteiger partial charge in [-0.3, -0.25) is 14.5 Å². The minimum Gasteiger partial charge on any atom is -0.348 e. The number of rotatable bonds is 7. The van der Waals surface area contributed by atoms with Crippen LogP contribution < -0.4 is 10.6 Å². The van der Waals surface area contributed by atoms with Crippen molar-refractivity contribution in [1.82, 2.24) is 10.2 Å². The maximum absolute atomic E-state index is 12.9. The Labute approximate surface area is 180 Å². The SMILES string of the molecule is O=C(Nc1ccccc1C(=O)NCc1ccccc1CN1CCCC1)c1cccs1. The molecule has 6 heteroatoms. The van der Waals surface area contributed by atoms with E-state index in [0.29, 0.717) is 22.7 Å². The molecular formula is C24H25N3O2S. The molecule has 1 aromatic heterocycles. The molecule has 2 heterocycles. The number of benzene rings is 2. The molecule has 154 valence electrons. The number of anilines is 1. The summed E-state index contributed by atoms with van der Waals surface area (Å²) in [6.45, 7) is 3.64. The minimum atomic E-state index is -0.207. The fraction of sp³-hybridized carbons (Fsp3) is 0.250. The van der Waals surface area contributed by atoms with E-state index in [2.05, 4.69) is 27.7 Å². The average Bonchev–Trinajstić information content (AvgIpc) is 3.48. The van der Waals surface area contributed by atoms with Crippen molar-refractivity contribution in [2.24, 2.45) is 0 Å². The maximum Gasteiger partial charge on any atom is 0.265 e. The van der Waals surface area contributed by atoms with Gasteiger partial charge in [0.25, 0.3) is 11.8 Å². The van der Waals surface area contributed by atoms with Crippen LogP contribution in [0.4, 0.5) is 5.69 Å². The van der Waals surface area contributed by atoms with Gasteiger partial charge in [-0.1, -0.05) is 42.5 Å². The van der Waals surface area contributed by atoms with E-state index in [1.165, 1.54) is 29.7 Å². The van der Waals surface area contributed by atoms with Crippen molar-refractivity contribution in [1.29, 1.82) is 0 Å². The van der Waals surface area contributed by atoms with Gasteiger partial charge in [-0.15, -0.1) is 11.3 Å². The van der Waals surface area contributed by atoms with Crippen LogP contribution in [0.25, 0.3) is 0 Å². The van der Waals surface area contributed by atoms with Crippen LogP contribution >= 0.6 is 11.3 Å². The van der Waals surface area contributed by atoms with E-state index in [-0.39, 0.29) is 11.8 Å². The van der Waals surface area contributed by atoms with Crippen molar-refractivity contribution in [2.45, 2.75) is 25.9 Å². The summed E-state index contributed by atoms with van der Waals surface area (Å²) in [5.41, 5.74) is 3.34. The Bertz CT molecular complexity index is 1010. The Hall–Kier alpha value is -2.96. The second kappa shape index (κ2) is 9.69. The molecular weight excluding hydrogens is 394 g/mol. The lowest BCUT2D eigenvalue weighted by Gasteiger charge is -2.18. The molecule has 0 bridgehead atoms. The highest BCUT2D eigenvalue weighted by Crippen LogP contribution is 2.19. The molecule has 0 radical (unpaired) electrons. The highest BCUT2D eigenvalue weighted by atomic mass is 32.1. The van der Waals surface area contributed by atoms with E-state index in [9.17, 15) is 9.59 Å². The molecule has 30 heavy (non-hydrogen) atoms. The molecule has 0 spiro atoms. The number of carbonyl (C=O) groups is 2. The van der Waals surface area contributed by atoms with Crippen molar-refractivity contribution in [3.05, 3.63) is 87.6 Å².